The fraction of sp³-hybridized carbons (Fsp3) is 0.333. The van der Waals surface area contributed by atoms with Gasteiger partial charge in [-0.15, -0.1) is 6.58 Å². The van der Waals surface area contributed by atoms with Crippen molar-refractivity contribution in [2.75, 3.05) is 13.1 Å². The van der Waals surface area contributed by atoms with E-state index in [1.807, 2.05) is 6.08 Å². The van der Waals surface area contributed by atoms with Crippen molar-refractivity contribution in [3.05, 3.63) is 48.6 Å². The van der Waals surface area contributed by atoms with Crippen LogP contribution >= 0.6 is 0 Å². The van der Waals surface area contributed by atoms with Gasteiger partial charge in [-0.25, -0.2) is 0 Å². The van der Waals surface area contributed by atoms with Crippen LogP contribution < -0.4 is 0 Å². The monoisotopic (exact) mass is 173 g/mol. The number of likely N-dealkylation sites (tertiary alicyclic amines) is 1. The van der Waals surface area contributed by atoms with E-state index in [2.05, 4.69) is 41.8 Å². The second-order valence-corrected chi connectivity index (χ2v) is 3.50. The zero-order valence-electron chi connectivity index (χ0n) is 7.82. The van der Waals surface area contributed by atoms with Gasteiger partial charge in [0.25, 0.3) is 0 Å². The van der Waals surface area contributed by atoms with Crippen molar-refractivity contribution in [2.24, 2.45) is 0 Å². The molecule has 2 rings (SSSR count). The first kappa shape index (κ1) is 8.52. The van der Waals surface area contributed by atoms with E-state index in [4.69, 9.17) is 0 Å². The molecule has 0 N–H and O–H groups in total. The average molecular weight is 173 g/mol. The first-order chi connectivity index (χ1) is 6.42. The van der Waals surface area contributed by atoms with E-state index in [1.165, 1.54) is 18.5 Å². The van der Waals surface area contributed by atoms with Gasteiger partial charge in [-0.05, 0) is 12.0 Å². The van der Waals surface area contributed by atoms with E-state index >= 15 is 0 Å². The van der Waals surface area contributed by atoms with Gasteiger partial charge in [0.2, 0.25) is 0 Å². The molecule has 1 aliphatic rings. The van der Waals surface area contributed by atoms with Crippen LogP contribution in [0.15, 0.2) is 43.0 Å². The number of hydrogen-bond acceptors (Lipinski definition) is 1. The molecule has 0 aliphatic carbocycles. The second-order valence-electron chi connectivity index (χ2n) is 3.50. The Kier molecular flexibility index (Phi) is 2.46. The van der Waals surface area contributed by atoms with Crippen LogP contribution in [0.25, 0.3) is 0 Å². The van der Waals surface area contributed by atoms with Crippen molar-refractivity contribution in [2.45, 2.75) is 12.5 Å². The van der Waals surface area contributed by atoms with Crippen molar-refractivity contribution in [1.29, 1.82) is 0 Å². The minimum absolute atomic E-state index is 0.638. The van der Waals surface area contributed by atoms with Gasteiger partial charge in [-0.1, -0.05) is 36.4 Å². The maximum absolute atomic E-state index is 3.77. The summed E-state index contributed by atoms with van der Waals surface area (Å²) in [4.78, 5) is 2.45. The quantitative estimate of drug-likeness (QED) is 0.635. The van der Waals surface area contributed by atoms with Gasteiger partial charge < -0.3 is 0 Å². The molecule has 0 spiro atoms. The zero-order chi connectivity index (χ0) is 9.10. The summed E-state index contributed by atoms with van der Waals surface area (Å²) in [5.41, 5.74) is 1.44. The Hall–Kier alpha value is -1.08. The van der Waals surface area contributed by atoms with Crippen molar-refractivity contribution in [3.63, 3.8) is 0 Å². The summed E-state index contributed by atoms with van der Waals surface area (Å²) in [5.74, 6) is 0. The molecule has 0 bridgehead atoms. The smallest absolute Gasteiger partial charge is 0.0363 e. The molecule has 1 nitrogen and oxygen atoms in total. The van der Waals surface area contributed by atoms with Gasteiger partial charge in [0.15, 0.2) is 0 Å². The number of hydrogen-bond donors (Lipinski definition) is 0. The van der Waals surface area contributed by atoms with Gasteiger partial charge in [0, 0.05) is 19.1 Å². The predicted octanol–water partition coefficient (Wildman–Crippen LogP) is 2.62. The molecule has 1 heterocycles. The largest absolute Gasteiger partial charge is 0.293 e. The second kappa shape index (κ2) is 3.75. The molecule has 1 aromatic rings. The predicted molar refractivity (Wildman–Crippen MR) is 55.6 cm³/mol. The molecule has 1 atom stereocenters. The summed E-state index contributed by atoms with van der Waals surface area (Å²) >= 11 is 0. The molecule has 0 radical (unpaired) electrons. The highest BCUT2D eigenvalue weighted by Gasteiger charge is 2.27. The van der Waals surface area contributed by atoms with Crippen LogP contribution in [0, 0.1) is 0 Å². The Morgan fingerprint density at radius 3 is 2.69 bits per heavy atom. The van der Waals surface area contributed by atoms with Crippen LogP contribution in [0.4, 0.5) is 0 Å². The Labute approximate surface area is 79.7 Å². The summed E-state index contributed by atoms with van der Waals surface area (Å²) in [6.07, 6.45) is 3.27. The van der Waals surface area contributed by atoms with E-state index in [1.54, 1.807) is 0 Å². The van der Waals surface area contributed by atoms with Gasteiger partial charge in [-0.3, -0.25) is 4.90 Å². The number of benzene rings is 1. The fourth-order valence-corrected chi connectivity index (χ4v) is 1.88. The van der Waals surface area contributed by atoms with E-state index < -0.39 is 0 Å². The lowest BCUT2D eigenvalue weighted by atomic mass is 9.95. The molecule has 1 aliphatic heterocycles. The number of rotatable bonds is 3. The van der Waals surface area contributed by atoms with Gasteiger partial charge in [-0.2, -0.15) is 0 Å². The topological polar surface area (TPSA) is 3.24 Å². The SMILES string of the molecule is C=CCN1CCC1c1ccccc1. The van der Waals surface area contributed by atoms with Crippen LogP contribution in [-0.2, 0) is 0 Å². The molecular weight excluding hydrogens is 158 g/mol. The average Bonchev–Trinajstić information content (AvgIpc) is 2.14. The van der Waals surface area contributed by atoms with Crippen molar-refractivity contribution in [3.8, 4) is 0 Å². The summed E-state index contributed by atoms with van der Waals surface area (Å²) in [6.45, 7) is 6.00. The minimum atomic E-state index is 0.638. The van der Waals surface area contributed by atoms with Crippen LogP contribution in [-0.4, -0.2) is 18.0 Å². The fourth-order valence-electron chi connectivity index (χ4n) is 1.88. The summed E-state index contributed by atoms with van der Waals surface area (Å²) in [7, 11) is 0. The van der Waals surface area contributed by atoms with Crippen LogP contribution in [0.3, 0.4) is 0 Å². The molecule has 68 valence electrons. The number of nitrogens with zero attached hydrogens (tertiary/aromatic N) is 1. The highest BCUT2D eigenvalue weighted by atomic mass is 15.2. The highest BCUT2D eigenvalue weighted by Crippen LogP contribution is 2.32. The van der Waals surface area contributed by atoms with Crippen molar-refractivity contribution >= 4 is 0 Å². The summed E-state index contributed by atoms with van der Waals surface area (Å²) in [5, 5.41) is 0. The first-order valence-electron chi connectivity index (χ1n) is 4.81. The van der Waals surface area contributed by atoms with Gasteiger partial charge in [0.1, 0.15) is 0 Å². The molecule has 1 fully saturated rings. The molecular formula is C12H15N. The standard InChI is InChI=1S/C12H15N/c1-2-9-13-10-8-12(13)11-6-4-3-5-7-11/h2-7,12H,1,8-10H2. The lowest BCUT2D eigenvalue weighted by Crippen LogP contribution is -2.40. The normalized spacial score (nSPS) is 22.3. The van der Waals surface area contributed by atoms with Crippen molar-refractivity contribution in [1.82, 2.24) is 4.90 Å². The lowest BCUT2D eigenvalue weighted by molar-refractivity contribution is 0.107. The maximum atomic E-state index is 3.77. The molecule has 0 saturated carbocycles. The Balaban J connectivity index is 2.06. The molecule has 1 unspecified atom stereocenters. The summed E-state index contributed by atoms with van der Waals surface area (Å²) in [6, 6.07) is 11.3. The van der Waals surface area contributed by atoms with Gasteiger partial charge >= 0.3 is 0 Å². The molecule has 1 aromatic carbocycles. The molecule has 1 saturated heterocycles. The minimum Gasteiger partial charge on any atom is -0.293 e. The summed E-state index contributed by atoms with van der Waals surface area (Å²) < 4.78 is 0. The first-order valence-corrected chi connectivity index (χ1v) is 4.81. The highest BCUT2D eigenvalue weighted by molar-refractivity contribution is 5.21. The van der Waals surface area contributed by atoms with Crippen molar-refractivity contribution < 1.29 is 0 Å². The van der Waals surface area contributed by atoms with Crippen LogP contribution in [0.1, 0.15) is 18.0 Å². The Bertz CT molecular complexity index is 278. The lowest BCUT2D eigenvalue weighted by Gasteiger charge is -2.40. The third kappa shape index (κ3) is 1.65. The van der Waals surface area contributed by atoms with Gasteiger partial charge in [0.05, 0.1) is 0 Å². The molecule has 1 heteroatoms. The van der Waals surface area contributed by atoms with Crippen LogP contribution in [0.5, 0.6) is 0 Å². The molecule has 0 amide bonds. The Morgan fingerprint density at radius 2 is 2.15 bits per heavy atom. The molecule has 13 heavy (non-hydrogen) atoms. The van der Waals surface area contributed by atoms with Crippen LogP contribution in [0.2, 0.25) is 0 Å². The maximum Gasteiger partial charge on any atom is 0.0363 e. The third-order valence-corrected chi connectivity index (χ3v) is 2.68. The molecule has 0 aromatic heterocycles. The third-order valence-electron chi connectivity index (χ3n) is 2.68. The zero-order valence-corrected chi connectivity index (χ0v) is 7.82. The van der Waals surface area contributed by atoms with E-state index in [0.717, 1.165) is 6.54 Å². The van der Waals surface area contributed by atoms with E-state index in [0.29, 0.717) is 6.04 Å². The van der Waals surface area contributed by atoms with E-state index in [9.17, 15) is 0 Å². The Morgan fingerprint density at radius 1 is 1.38 bits per heavy atom. The van der Waals surface area contributed by atoms with E-state index in [-0.39, 0.29) is 0 Å².